The van der Waals surface area contributed by atoms with Crippen molar-refractivity contribution in [2.45, 2.75) is 13.8 Å². The Morgan fingerprint density at radius 3 is 2.80 bits per heavy atom. The zero-order chi connectivity index (χ0) is 13.9. The molecule has 0 unspecified atom stereocenters. The van der Waals surface area contributed by atoms with Gasteiger partial charge in [-0.25, -0.2) is 0 Å². The molecule has 1 aliphatic rings. The summed E-state index contributed by atoms with van der Waals surface area (Å²) in [6.45, 7) is 4.30. The largest absolute Gasteiger partial charge is 0.454 e. The van der Waals surface area contributed by atoms with Crippen molar-refractivity contribution >= 4 is 11.4 Å². The van der Waals surface area contributed by atoms with Crippen LogP contribution in [0.3, 0.4) is 0 Å². The van der Waals surface area contributed by atoms with E-state index < -0.39 is 0 Å². The van der Waals surface area contributed by atoms with Gasteiger partial charge in [0.2, 0.25) is 6.79 Å². The highest BCUT2D eigenvalue weighted by molar-refractivity contribution is 5.99. The van der Waals surface area contributed by atoms with Crippen molar-refractivity contribution in [3.8, 4) is 11.5 Å². The third kappa shape index (κ3) is 2.59. The Bertz CT molecular complexity index is 665. The molecule has 3 rings (SSSR count). The first kappa shape index (κ1) is 12.5. The third-order valence-corrected chi connectivity index (χ3v) is 3.16. The monoisotopic (exact) mass is 268 g/mol. The van der Waals surface area contributed by atoms with E-state index in [1.165, 1.54) is 5.56 Å². The van der Waals surface area contributed by atoms with Crippen LogP contribution in [-0.2, 0) is 0 Å². The Hall–Kier alpha value is -2.49. The molecule has 4 nitrogen and oxygen atoms in total. The summed E-state index contributed by atoms with van der Waals surface area (Å²) in [5, 5.41) is 4.40. The van der Waals surface area contributed by atoms with Crippen LogP contribution in [0.1, 0.15) is 18.1 Å². The summed E-state index contributed by atoms with van der Waals surface area (Å²) in [5.41, 5.74) is 7.15. The average molecular weight is 268 g/mol. The molecule has 102 valence electrons. The molecule has 0 radical (unpaired) electrons. The van der Waals surface area contributed by atoms with E-state index in [1.54, 1.807) is 0 Å². The topological polar surface area (TPSA) is 42.9 Å². The number of nitrogens with one attached hydrogen (secondary N) is 1. The summed E-state index contributed by atoms with van der Waals surface area (Å²) < 4.78 is 10.7. The van der Waals surface area contributed by atoms with E-state index in [1.807, 2.05) is 37.3 Å². The number of aryl methyl sites for hydroxylation is 1. The van der Waals surface area contributed by atoms with Gasteiger partial charge >= 0.3 is 0 Å². The van der Waals surface area contributed by atoms with Gasteiger partial charge in [0, 0.05) is 5.56 Å². The molecule has 0 spiro atoms. The molecule has 2 aromatic carbocycles. The van der Waals surface area contributed by atoms with Gasteiger partial charge in [0.25, 0.3) is 0 Å². The molecule has 1 aliphatic heterocycles. The Morgan fingerprint density at radius 1 is 1.10 bits per heavy atom. The molecule has 0 saturated heterocycles. The number of hydrogen-bond donors (Lipinski definition) is 1. The highest BCUT2D eigenvalue weighted by atomic mass is 16.7. The van der Waals surface area contributed by atoms with E-state index in [0.29, 0.717) is 0 Å². The molecule has 0 fully saturated rings. The molecule has 1 heterocycles. The van der Waals surface area contributed by atoms with Gasteiger partial charge in [0.15, 0.2) is 11.5 Å². The predicted molar refractivity (Wildman–Crippen MR) is 79.6 cm³/mol. The van der Waals surface area contributed by atoms with Crippen molar-refractivity contribution in [1.82, 2.24) is 0 Å². The maximum atomic E-state index is 5.37. The smallest absolute Gasteiger partial charge is 0.231 e. The fraction of sp³-hybridized carbons (Fsp3) is 0.188. The third-order valence-electron chi connectivity index (χ3n) is 3.16. The molecule has 1 N–H and O–H groups in total. The summed E-state index contributed by atoms with van der Waals surface area (Å²) >= 11 is 0. The molecule has 20 heavy (non-hydrogen) atoms. The fourth-order valence-corrected chi connectivity index (χ4v) is 2.05. The first-order chi connectivity index (χ1) is 9.72. The van der Waals surface area contributed by atoms with Crippen LogP contribution in [-0.4, -0.2) is 12.5 Å². The second-order valence-electron chi connectivity index (χ2n) is 4.75. The van der Waals surface area contributed by atoms with Gasteiger partial charge in [-0.05, 0) is 49.7 Å². The van der Waals surface area contributed by atoms with Crippen molar-refractivity contribution in [2.24, 2.45) is 5.10 Å². The van der Waals surface area contributed by atoms with Gasteiger partial charge in [0.05, 0.1) is 11.4 Å². The Morgan fingerprint density at radius 2 is 1.95 bits per heavy atom. The average Bonchev–Trinajstić information content (AvgIpc) is 2.92. The minimum Gasteiger partial charge on any atom is -0.454 e. The SMILES string of the molecule is C/C(=N/Nc1cccc(C)c1)c1ccc2c(c1)OCO2. The normalized spacial score (nSPS) is 13.4. The van der Waals surface area contributed by atoms with E-state index in [2.05, 4.69) is 29.6 Å². The minimum atomic E-state index is 0.288. The molecule has 0 bridgehead atoms. The number of hydrogen-bond acceptors (Lipinski definition) is 4. The van der Waals surface area contributed by atoms with Crippen LogP contribution in [0.25, 0.3) is 0 Å². The summed E-state index contributed by atoms with van der Waals surface area (Å²) in [7, 11) is 0. The van der Waals surface area contributed by atoms with Crippen molar-refractivity contribution in [3.63, 3.8) is 0 Å². The molecule has 0 amide bonds. The lowest BCUT2D eigenvalue weighted by Gasteiger charge is -2.05. The minimum absolute atomic E-state index is 0.288. The summed E-state index contributed by atoms with van der Waals surface area (Å²) in [6.07, 6.45) is 0. The summed E-state index contributed by atoms with van der Waals surface area (Å²) in [6, 6.07) is 13.9. The molecular formula is C16H16N2O2. The van der Waals surface area contributed by atoms with E-state index in [-0.39, 0.29) is 6.79 Å². The molecule has 4 heteroatoms. The fourth-order valence-electron chi connectivity index (χ4n) is 2.05. The quantitative estimate of drug-likeness (QED) is 0.683. The van der Waals surface area contributed by atoms with Crippen LogP contribution in [0.15, 0.2) is 47.6 Å². The van der Waals surface area contributed by atoms with E-state index in [0.717, 1.165) is 28.5 Å². The van der Waals surface area contributed by atoms with Crippen LogP contribution < -0.4 is 14.9 Å². The first-order valence-corrected chi connectivity index (χ1v) is 6.49. The predicted octanol–water partition coefficient (Wildman–Crippen LogP) is 3.56. The van der Waals surface area contributed by atoms with E-state index in [4.69, 9.17) is 9.47 Å². The molecule has 0 aromatic heterocycles. The van der Waals surface area contributed by atoms with Crippen LogP contribution in [0.4, 0.5) is 5.69 Å². The summed E-state index contributed by atoms with van der Waals surface area (Å²) in [4.78, 5) is 0. The second kappa shape index (κ2) is 5.25. The number of rotatable bonds is 3. The number of anilines is 1. The van der Waals surface area contributed by atoms with Crippen LogP contribution in [0, 0.1) is 6.92 Å². The van der Waals surface area contributed by atoms with E-state index in [9.17, 15) is 0 Å². The zero-order valence-corrected chi connectivity index (χ0v) is 11.5. The van der Waals surface area contributed by atoms with Gasteiger partial charge in [-0.2, -0.15) is 5.10 Å². The lowest BCUT2D eigenvalue weighted by molar-refractivity contribution is 0.174. The second-order valence-corrected chi connectivity index (χ2v) is 4.75. The molecule has 0 aliphatic carbocycles. The van der Waals surface area contributed by atoms with Gasteiger partial charge < -0.3 is 9.47 Å². The first-order valence-electron chi connectivity index (χ1n) is 6.49. The highest BCUT2D eigenvalue weighted by Gasteiger charge is 2.13. The van der Waals surface area contributed by atoms with Crippen molar-refractivity contribution in [1.29, 1.82) is 0 Å². The van der Waals surface area contributed by atoms with Crippen molar-refractivity contribution in [2.75, 3.05) is 12.2 Å². The Kier molecular flexibility index (Phi) is 3.29. The van der Waals surface area contributed by atoms with Gasteiger partial charge in [-0.15, -0.1) is 0 Å². The van der Waals surface area contributed by atoms with Crippen LogP contribution >= 0.6 is 0 Å². The van der Waals surface area contributed by atoms with Crippen LogP contribution in [0.5, 0.6) is 11.5 Å². The molecule has 0 atom stereocenters. The standard InChI is InChI=1S/C16H16N2O2/c1-11-4-3-5-14(8-11)18-17-12(2)13-6-7-15-16(9-13)20-10-19-15/h3-9,18H,10H2,1-2H3/b17-12-. The lowest BCUT2D eigenvalue weighted by Crippen LogP contribution is -1.99. The number of nitrogens with zero attached hydrogens (tertiary/aromatic N) is 1. The maximum absolute atomic E-state index is 5.37. The maximum Gasteiger partial charge on any atom is 0.231 e. The number of hydrazone groups is 1. The Balaban J connectivity index is 1.78. The number of benzene rings is 2. The summed E-state index contributed by atoms with van der Waals surface area (Å²) in [5.74, 6) is 1.56. The molecule has 2 aromatic rings. The highest BCUT2D eigenvalue weighted by Crippen LogP contribution is 2.32. The van der Waals surface area contributed by atoms with Gasteiger partial charge in [0.1, 0.15) is 0 Å². The van der Waals surface area contributed by atoms with E-state index >= 15 is 0 Å². The van der Waals surface area contributed by atoms with Crippen molar-refractivity contribution in [3.05, 3.63) is 53.6 Å². The van der Waals surface area contributed by atoms with Crippen LogP contribution in [0.2, 0.25) is 0 Å². The van der Waals surface area contributed by atoms with Gasteiger partial charge in [-0.3, -0.25) is 5.43 Å². The number of ether oxygens (including phenoxy) is 2. The number of fused-ring (bicyclic) bond motifs is 1. The Labute approximate surface area is 118 Å². The van der Waals surface area contributed by atoms with Crippen molar-refractivity contribution < 1.29 is 9.47 Å². The molecule has 0 saturated carbocycles. The molecular weight excluding hydrogens is 252 g/mol. The zero-order valence-electron chi connectivity index (χ0n) is 11.5. The lowest BCUT2D eigenvalue weighted by atomic mass is 10.1. The van der Waals surface area contributed by atoms with Gasteiger partial charge in [-0.1, -0.05) is 12.1 Å².